The lowest BCUT2D eigenvalue weighted by Gasteiger charge is -2.18. The van der Waals surface area contributed by atoms with Gasteiger partial charge in [-0.1, -0.05) is 36.4 Å². The van der Waals surface area contributed by atoms with Gasteiger partial charge < -0.3 is 14.8 Å². The van der Waals surface area contributed by atoms with Gasteiger partial charge in [0.05, 0.1) is 0 Å². The highest BCUT2D eigenvalue weighted by molar-refractivity contribution is 5.83. The van der Waals surface area contributed by atoms with E-state index >= 15 is 0 Å². The summed E-state index contributed by atoms with van der Waals surface area (Å²) in [5.74, 6) is 2.09. The number of benzene rings is 2. The summed E-state index contributed by atoms with van der Waals surface area (Å²) in [7, 11) is 0. The molecule has 2 aromatic carbocycles. The van der Waals surface area contributed by atoms with E-state index in [0.717, 1.165) is 29.0 Å². The van der Waals surface area contributed by atoms with Crippen molar-refractivity contribution >= 4 is 5.91 Å². The third-order valence-corrected chi connectivity index (χ3v) is 4.43. The number of ether oxygens (including phenoxy) is 2. The van der Waals surface area contributed by atoms with Crippen molar-refractivity contribution in [2.45, 2.75) is 18.9 Å². The Hall–Kier alpha value is -2.49. The van der Waals surface area contributed by atoms with Crippen molar-refractivity contribution in [2.75, 3.05) is 13.2 Å². The predicted molar refractivity (Wildman–Crippen MR) is 86.6 cm³/mol. The number of nitrogens with one attached hydrogen (secondary N) is 1. The number of rotatable bonds is 4. The highest BCUT2D eigenvalue weighted by atomic mass is 16.6. The molecule has 1 aliphatic carbocycles. The van der Waals surface area contributed by atoms with Crippen molar-refractivity contribution in [1.82, 2.24) is 5.32 Å². The Labute approximate surface area is 135 Å². The van der Waals surface area contributed by atoms with E-state index < -0.39 is 0 Å². The summed E-state index contributed by atoms with van der Waals surface area (Å²) in [6.45, 7) is 1.77. The molecule has 0 bridgehead atoms. The molecule has 1 aliphatic heterocycles. The van der Waals surface area contributed by atoms with Crippen LogP contribution in [0, 0.1) is 5.92 Å². The van der Waals surface area contributed by atoms with Crippen molar-refractivity contribution in [2.24, 2.45) is 5.92 Å². The maximum absolute atomic E-state index is 12.3. The van der Waals surface area contributed by atoms with E-state index in [2.05, 4.69) is 5.32 Å². The minimum Gasteiger partial charge on any atom is -0.486 e. The number of amides is 1. The summed E-state index contributed by atoms with van der Waals surface area (Å²) < 4.78 is 11.2. The van der Waals surface area contributed by atoms with Crippen molar-refractivity contribution in [3.8, 4) is 11.5 Å². The van der Waals surface area contributed by atoms with E-state index in [1.165, 1.54) is 0 Å². The zero-order valence-electron chi connectivity index (χ0n) is 12.8. The van der Waals surface area contributed by atoms with E-state index in [9.17, 15) is 4.79 Å². The normalized spacial score (nSPS) is 21.6. The molecule has 1 amide bonds. The first-order chi connectivity index (χ1) is 11.3. The average molecular weight is 309 g/mol. The summed E-state index contributed by atoms with van der Waals surface area (Å²) >= 11 is 0. The van der Waals surface area contributed by atoms with Crippen LogP contribution in [0.15, 0.2) is 48.5 Å². The molecule has 2 aromatic rings. The van der Waals surface area contributed by atoms with Gasteiger partial charge in [-0.3, -0.25) is 4.79 Å². The van der Waals surface area contributed by atoms with Gasteiger partial charge in [0.15, 0.2) is 11.5 Å². The Bertz CT molecular complexity index is 714. The topological polar surface area (TPSA) is 47.6 Å². The molecule has 0 spiro atoms. The second-order valence-electron chi connectivity index (χ2n) is 6.06. The molecule has 23 heavy (non-hydrogen) atoms. The molecule has 4 rings (SSSR count). The Morgan fingerprint density at radius 2 is 1.83 bits per heavy atom. The van der Waals surface area contributed by atoms with Crippen LogP contribution in [0.1, 0.15) is 23.5 Å². The third-order valence-electron chi connectivity index (χ3n) is 4.43. The highest BCUT2D eigenvalue weighted by Crippen LogP contribution is 2.49. The summed E-state index contributed by atoms with van der Waals surface area (Å²) in [5, 5.41) is 3.03. The first-order valence-electron chi connectivity index (χ1n) is 8.02. The molecule has 1 saturated carbocycles. The van der Waals surface area contributed by atoms with Gasteiger partial charge in [0.2, 0.25) is 5.91 Å². The summed E-state index contributed by atoms with van der Waals surface area (Å²) in [4.78, 5) is 12.3. The van der Waals surface area contributed by atoms with Crippen LogP contribution in [0.4, 0.5) is 0 Å². The van der Waals surface area contributed by atoms with Gasteiger partial charge in [-0.25, -0.2) is 0 Å². The fourth-order valence-electron chi connectivity index (χ4n) is 3.06. The molecule has 1 N–H and O–H groups in total. The highest BCUT2D eigenvalue weighted by Gasteiger charge is 2.44. The standard InChI is InChI=1S/C19H19NO3/c21-19(20-12-13-4-2-1-3-5-13)16-11-15(16)14-6-7-17-18(10-14)23-9-8-22-17/h1-7,10,15-16H,8-9,11-12H2,(H,20,21)/t15-,16-/m1/s1. The second kappa shape index (κ2) is 5.95. The van der Waals surface area contributed by atoms with Crippen molar-refractivity contribution in [3.63, 3.8) is 0 Å². The Balaban J connectivity index is 1.37. The van der Waals surface area contributed by atoms with E-state index in [-0.39, 0.29) is 11.8 Å². The number of fused-ring (bicyclic) bond motifs is 1. The summed E-state index contributed by atoms with van der Waals surface area (Å²) in [6, 6.07) is 16.0. The van der Waals surface area contributed by atoms with Crippen LogP contribution in [-0.2, 0) is 11.3 Å². The molecular formula is C19H19NO3. The van der Waals surface area contributed by atoms with Gasteiger partial charge >= 0.3 is 0 Å². The second-order valence-corrected chi connectivity index (χ2v) is 6.06. The van der Waals surface area contributed by atoms with Gasteiger partial charge in [-0.2, -0.15) is 0 Å². The maximum Gasteiger partial charge on any atom is 0.224 e. The summed E-state index contributed by atoms with van der Waals surface area (Å²) in [5.41, 5.74) is 2.28. The van der Waals surface area contributed by atoms with Gasteiger partial charge in [-0.05, 0) is 35.6 Å². The predicted octanol–water partition coefficient (Wildman–Crippen LogP) is 2.88. The number of hydrogen-bond acceptors (Lipinski definition) is 3. The fraction of sp³-hybridized carbons (Fsp3) is 0.316. The van der Waals surface area contributed by atoms with Crippen molar-refractivity contribution in [3.05, 3.63) is 59.7 Å². The third kappa shape index (κ3) is 3.02. The minimum absolute atomic E-state index is 0.0706. The smallest absolute Gasteiger partial charge is 0.224 e. The Morgan fingerprint density at radius 3 is 2.65 bits per heavy atom. The van der Waals surface area contributed by atoms with Crippen molar-refractivity contribution in [1.29, 1.82) is 0 Å². The van der Waals surface area contributed by atoms with E-state index in [1.807, 2.05) is 48.5 Å². The van der Waals surface area contributed by atoms with E-state index in [4.69, 9.17) is 9.47 Å². The van der Waals surface area contributed by atoms with Crippen LogP contribution >= 0.6 is 0 Å². The summed E-state index contributed by atoms with van der Waals surface area (Å²) in [6.07, 6.45) is 0.903. The molecule has 4 nitrogen and oxygen atoms in total. The molecule has 0 radical (unpaired) electrons. The number of carbonyl (C=O) groups is 1. The van der Waals surface area contributed by atoms with Crippen LogP contribution < -0.4 is 14.8 Å². The first kappa shape index (κ1) is 14.1. The quantitative estimate of drug-likeness (QED) is 0.944. The molecule has 118 valence electrons. The maximum atomic E-state index is 12.3. The van der Waals surface area contributed by atoms with E-state index in [1.54, 1.807) is 0 Å². The SMILES string of the molecule is O=C(NCc1ccccc1)[C@@H]1C[C@@H]1c1ccc2c(c1)OCCO2. The van der Waals surface area contributed by atoms with Crippen LogP contribution in [0.3, 0.4) is 0 Å². The molecule has 2 aliphatic rings. The molecule has 1 fully saturated rings. The molecule has 0 aromatic heterocycles. The van der Waals surface area contributed by atoms with Gasteiger partial charge in [0, 0.05) is 12.5 Å². The molecule has 4 heteroatoms. The van der Waals surface area contributed by atoms with Crippen LogP contribution in [0.25, 0.3) is 0 Å². The fourth-order valence-corrected chi connectivity index (χ4v) is 3.06. The Kier molecular flexibility index (Phi) is 3.66. The zero-order valence-corrected chi connectivity index (χ0v) is 12.8. The minimum atomic E-state index is 0.0706. The number of hydrogen-bond donors (Lipinski definition) is 1. The monoisotopic (exact) mass is 309 g/mol. The first-order valence-corrected chi connectivity index (χ1v) is 8.02. The lowest BCUT2D eigenvalue weighted by Crippen LogP contribution is -2.24. The molecule has 2 atom stereocenters. The van der Waals surface area contributed by atoms with Crippen molar-refractivity contribution < 1.29 is 14.3 Å². The van der Waals surface area contributed by atoms with E-state index in [0.29, 0.717) is 25.7 Å². The number of carbonyl (C=O) groups excluding carboxylic acids is 1. The van der Waals surface area contributed by atoms with Crippen LogP contribution in [0.2, 0.25) is 0 Å². The van der Waals surface area contributed by atoms with Crippen LogP contribution in [-0.4, -0.2) is 19.1 Å². The average Bonchev–Trinajstić information content (AvgIpc) is 3.41. The molecule has 0 saturated heterocycles. The van der Waals surface area contributed by atoms with Gasteiger partial charge in [0.1, 0.15) is 13.2 Å². The molecular weight excluding hydrogens is 290 g/mol. The lowest BCUT2D eigenvalue weighted by atomic mass is 10.1. The van der Waals surface area contributed by atoms with Crippen LogP contribution in [0.5, 0.6) is 11.5 Å². The Morgan fingerprint density at radius 1 is 1.04 bits per heavy atom. The van der Waals surface area contributed by atoms with Gasteiger partial charge in [-0.15, -0.1) is 0 Å². The van der Waals surface area contributed by atoms with Gasteiger partial charge in [0.25, 0.3) is 0 Å². The molecule has 0 unspecified atom stereocenters. The lowest BCUT2D eigenvalue weighted by molar-refractivity contribution is -0.122. The molecule has 1 heterocycles. The zero-order chi connectivity index (χ0) is 15.6. The largest absolute Gasteiger partial charge is 0.486 e.